The zero-order valence-corrected chi connectivity index (χ0v) is 11.3. The lowest BCUT2D eigenvalue weighted by atomic mass is 9.87. The van der Waals surface area contributed by atoms with Gasteiger partial charge >= 0.3 is 0 Å². The molecule has 0 amide bonds. The van der Waals surface area contributed by atoms with Crippen molar-refractivity contribution in [1.82, 2.24) is 0 Å². The molecule has 0 N–H and O–H groups in total. The Morgan fingerprint density at radius 1 is 1.13 bits per heavy atom. The molecule has 0 aliphatic rings. The fraction of sp³-hybridized carbons (Fsp3) is 0.538. The standard InChI is InChI=1S/C13H20S2/c1-3-13(4-2,10-14)11-15-12-8-6-5-7-9-12/h5-9,14H,3-4,10-11H2,1-2H3. The SMILES string of the molecule is CCC(CC)(CS)CSc1ccccc1. The molecule has 2 heteroatoms. The summed E-state index contributed by atoms with van der Waals surface area (Å²) in [5, 5.41) is 0. The van der Waals surface area contributed by atoms with Crippen LogP contribution in [0, 0.1) is 5.41 Å². The van der Waals surface area contributed by atoms with E-state index >= 15 is 0 Å². The van der Waals surface area contributed by atoms with Gasteiger partial charge in [0.2, 0.25) is 0 Å². The van der Waals surface area contributed by atoms with Gasteiger partial charge < -0.3 is 0 Å². The summed E-state index contributed by atoms with van der Waals surface area (Å²) < 4.78 is 0. The summed E-state index contributed by atoms with van der Waals surface area (Å²) in [6.45, 7) is 4.54. The van der Waals surface area contributed by atoms with Crippen LogP contribution in [0.5, 0.6) is 0 Å². The predicted molar refractivity (Wildman–Crippen MR) is 74.0 cm³/mol. The molecule has 1 aromatic carbocycles. The van der Waals surface area contributed by atoms with Gasteiger partial charge in [-0.1, -0.05) is 32.0 Å². The Labute approximate surface area is 103 Å². The summed E-state index contributed by atoms with van der Waals surface area (Å²) in [6.07, 6.45) is 2.43. The number of thioether (sulfide) groups is 1. The Balaban J connectivity index is 2.54. The summed E-state index contributed by atoms with van der Waals surface area (Å²) in [7, 11) is 0. The molecule has 0 saturated carbocycles. The molecule has 0 nitrogen and oxygen atoms in total. The van der Waals surface area contributed by atoms with Gasteiger partial charge in [-0.15, -0.1) is 11.8 Å². The van der Waals surface area contributed by atoms with Crippen molar-refractivity contribution in [3.05, 3.63) is 30.3 Å². The van der Waals surface area contributed by atoms with Gasteiger partial charge in [0.15, 0.2) is 0 Å². The average molecular weight is 240 g/mol. The fourth-order valence-electron chi connectivity index (χ4n) is 1.48. The smallest absolute Gasteiger partial charge is 0.00721 e. The third kappa shape index (κ3) is 3.76. The van der Waals surface area contributed by atoms with E-state index in [2.05, 4.69) is 56.8 Å². The van der Waals surface area contributed by atoms with E-state index in [0.29, 0.717) is 5.41 Å². The molecule has 0 radical (unpaired) electrons. The van der Waals surface area contributed by atoms with Crippen molar-refractivity contribution >= 4 is 24.4 Å². The van der Waals surface area contributed by atoms with E-state index < -0.39 is 0 Å². The molecule has 0 aliphatic carbocycles. The number of rotatable bonds is 6. The maximum atomic E-state index is 4.49. The molecular weight excluding hydrogens is 220 g/mol. The maximum absolute atomic E-state index is 4.49. The molecule has 1 aromatic rings. The van der Waals surface area contributed by atoms with E-state index in [1.54, 1.807) is 0 Å². The lowest BCUT2D eigenvalue weighted by molar-refractivity contribution is 0.357. The molecular formula is C13H20S2. The summed E-state index contributed by atoms with van der Waals surface area (Å²) >= 11 is 6.45. The molecule has 0 aromatic heterocycles. The molecule has 0 aliphatic heterocycles. The third-order valence-electron chi connectivity index (χ3n) is 3.12. The molecule has 0 heterocycles. The number of hydrogen-bond donors (Lipinski definition) is 1. The van der Waals surface area contributed by atoms with Gasteiger partial charge in [-0.25, -0.2) is 0 Å². The summed E-state index contributed by atoms with van der Waals surface area (Å²) in [5.41, 5.74) is 0.406. The number of thiol groups is 1. The van der Waals surface area contributed by atoms with Crippen LogP contribution >= 0.6 is 24.4 Å². The molecule has 0 atom stereocenters. The van der Waals surface area contributed by atoms with E-state index in [0.717, 1.165) is 5.75 Å². The van der Waals surface area contributed by atoms with E-state index in [1.165, 1.54) is 23.5 Å². The first-order valence-electron chi connectivity index (χ1n) is 5.55. The zero-order chi connectivity index (χ0) is 11.1. The molecule has 0 saturated heterocycles. The van der Waals surface area contributed by atoms with Crippen LogP contribution in [-0.2, 0) is 0 Å². The molecule has 84 valence electrons. The highest BCUT2D eigenvalue weighted by Gasteiger charge is 2.24. The Bertz CT molecular complexity index is 257. The lowest BCUT2D eigenvalue weighted by Gasteiger charge is -2.29. The number of benzene rings is 1. The van der Waals surface area contributed by atoms with Crippen molar-refractivity contribution in [2.24, 2.45) is 5.41 Å². The van der Waals surface area contributed by atoms with E-state index in [4.69, 9.17) is 0 Å². The Hall–Kier alpha value is -0.0800. The Kier molecular flexibility index (Phi) is 5.62. The van der Waals surface area contributed by atoms with Crippen LogP contribution in [0.1, 0.15) is 26.7 Å². The van der Waals surface area contributed by atoms with Gasteiger partial charge in [-0.05, 0) is 36.1 Å². The van der Waals surface area contributed by atoms with Gasteiger partial charge in [0.1, 0.15) is 0 Å². The highest BCUT2D eigenvalue weighted by molar-refractivity contribution is 7.99. The second-order valence-electron chi connectivity index (χ2n) is 3.97. The molecule has 0 fully saturated rings. The largest absolute Gasteiger partial charge is 0.179 e. The average Bonchev–Trinajstić information content (AvgIpc) is 2.33. The van der Waals surface area contributed by atoms with Gasteiger partial charge in [-0.3, -0.25) is 0 Å². The predicted octanol–water partition coefficient (Wildman–Crippen LogP) is 4.51. The molecule has 0 spiro atoms. The van der Waals surface area contributed by atoms with Crippen LogP contribution in [0.25, 0.3) is 0 Å². The van der Waals surface area contributed by atoms with Gasteiger partial charge in [0.05, 0.1) is 0 Å². The van der Waals surface area contributed by atoms with Crippen LogP contribution < -0.4 is 0 Å². The molecule has 1 rings (SSSR count). The molecule has 15 heavy (non-hydrogen) atoms. The van der Waals surface area contributed by atoms with Gasteiger partial charge in [0, 0.05) is 10.6 Å². The quantitative estimate of drug-likeness (QED) is 0.563. The van der Waals surface area contributed by atoms with Crippen molar-refractivity contribution < 1.29 is 0 Å². The van der Waals surface area contributed by atoms with Crippen LogP contribution in [0.3, 0.4) is 0 Å². The third-order valence-corrected chi connectivity index (χ3v) is 5.16. The Morgan fingerprint density at radius 2 is 1.73 bits per heavy atom. The first-order valence-corrected chi connectivity index (χ1v) is 7.17. The van der Waals surface area contributed by atoms with Crippen LogP contribution in [0.2, 0.25) is 0 Å². The van der Waals surface area contributed by atoms with E-state index in [9.17, 15) is 0 Å². The van der Waals surface area contributed by atoms with E-state index in [1.807, 2.05) is 11.8 Å². The van der Waals surface area contributed by atoms with Crippen molar-refractivity contribution in [2.75, 3.05) is 11.5 Å². The van der Waals surface area contributed by atoms with Gasteiger partial charge in [-0.2, -0.15) is 12.6 Å². The van der Waals surface area contributed by atoms with Crippen LogP contribution in [-0.4, -0.2) is 11.5 Å². The first kappa shape index (κ1) is 13.0. The zero-order valence-electron chi connectivity index (χ0n) is 9.57. The molecule has 0 bridgehead atoms. The van der Waals surface area contributed by atoms with Crippen molar-refractivity contribution in [3.8, 4) is 0 Å². The molecule has 0 unspecified atom stereocenters. The van der Waals surface area contributed by atoms with E-state index in [-0.39, 0.29) is 0 Å². The minimum absolute atomic E-state index is 0.406. The Morgan fingerprint density at radius 3 is 2.20 bits per heavy atom. The minimum Gasteiger partial charge on any atom is -0.179 e. The summed E-state index contributed by atoms with van der Waals surface area (Å²) in [5.74, 6) is 2.16. The number of hydrogen-bond acceptors (Lipinski definition) is 2. The minimum atomic E-state index is 0.406. The van der Waals surface area contributed by atoms with Crippen LogP contribution in [0.4, 0.5) is 0 Å². The second kappa shape index (κ2) is 6.49. The van der Waals surface area contributed by atoms with Crippen LogP contribution in [0.15, 0.2) is 35.2 Å². The monoisotopic (exact) mass is 240 g/mol. The van der Waals surface area contributed by atoms with Gasteiger partial charge in [0.25, 0.3) is 0 Å². The summed E-state index contributed by atoms with van der Waals surface area (Å²) in [6, 6.07) is 10.6. The lowest BCUT2D eigenvalue weighted by Crippen LogP contribution is -2.24. The van der Waals surface area contributed by atoms with Crippen molar-refractivity contribution in [3.63, 3.8) is 0 Å². The highest BCUT2D eigenvalue weighted by Crippen LogP contribution is 2.34. The first-order chi connectivity index (χ1) is 7.26. The highest BCUT2D eigenvalue weighted by atomic mass is 32.2. The van der Waals surface area contributed by atoms with Crippen molar-refractivity contribution in [1.29, 1.82) is 0 Å². The second-order valence-corrected chi connectivity index (χ2v) is 5.33. The maximum Gasteiger partial charge on any atom is 0.00721 e. The normalized spacial score (nSPS) is 11.7. The van der Waals surface area contributed by atoms with Crippen molar-refractivity contribution in [2.45, 2.75) is 31.6 Å². The topological polar surface area (TPSA) is 0 Å². The summed E-state index contributed by atoms with van der Waals surface area (Å²) in [4.78, 5) is 1.37. The fourth-order valence-corrected chi connectivity index (χ4v) is 3.52.